The van der Waals surface area contributed by atoms with E-state index in [9.17, 15) is 19.5 Å². The van der Waals surface area contributed by atoms with Crippen molar-refractivity contribution in [1.82, 2.24) is 10.6 Å². The zero-order chi connectivity index (χ0) is 21.1. The Hall–Kier alpha value is -3.14. The molecule has 0 bridgehead atoms. The standard InChI is InChI=1S/C18H28N6O4/c1-11(23-16(26)13(19)10-12-6-3-2-4-7-12)15(25)24-14(17(27)28)8-5-9-22-18(20)21/h2-4,6-7,11,13-14H,5,8-10,19H2,1H3,(H,23,26)(H,24,25)(H,27,28)(H4,20,21,22)/p+1. The van der Waals surface area contributed by atoms with Crippen LogP contribution in [0.3, 0.4) is 0 Å². The lowest BCUT2D eigenvalue weighted by atomic mass is 10.1. The monoisotopic (exact) mass is 393 g/mol. The SMILES string of the molecule is CC(NC(=O)C([NH3+])Cc1ccccc1)C(=O)NC(CCCN=C(N)N)C(=O)O. The quantitative estimate of drug-likeness (QED) is 0.143. The Kier molecular flexibility index (Phi) is 9.44. The van der Waals surface area contributed by atoms with Crippen LogP contribution in [0.1, 0.15) is 25.3 Å². The third-order valence-electron chi connectivity index (χ3n) is 4.01. The summed E-state index contributed by atoms with van der Waals surface area (Å²) in [5, 5.41) is 14.2. The van der Waals surface area contributed by atoms with Gasteiger partial charge in [0.05, 0.1) is 0 Å². The smallest absolute Gasteiger partial charge is 0.326 e. The Labute approximate surface area is 163 Å². The van der Waals surface area contributed by atoms with Crippen molar-refractivity contribution in [3.63, 3.8) is 0 Å². The molecule has 3 atom stereocenters. The third kappa shape index (κ3) is 8.49. The van der Waals surface area contributed by atoms with E-state index in [0.29, 0.717) is 12.8 Å². The Morgan fingerprint density at radius 2 is 1.79 bits per heavy atom. The number of nitrogens with one attached hydrogen (secondary N) is 2. The summed E-state index contributed by atoms with van der Waals surface area (Å²) in [5.74, 6) is -2.22. The molecular formula is C18H29N6O4+. The highest BCUT2D eigenvalue weighted by Gasteiger charge is 2.26. The summed E-state index contributed by atoms with van der Waals surface area (Å²) >= 11 is 0. The van der Waals surface area contributed by atoms with Gasteiger partial charge in [-0.25, -0.2) is 4.79 Å². The molecule has 1 aromatic carbocycles. The maximum absolute atomic E-state index is 12.2. The molecule has 0 spiro atoms. The van der Waals surface area contributed by atoms with Crippen LogP contribution in [0.5, 0.6) is 0 Å². The van der Waals surface area contributed by atoms with E-state index < -0.39 is 30.0 Å². The molecule has 1 aromatic rings. The summed E-state index contributed by atoms with van der Waals surface area (Å²) in [6.07, 6.45) is 0.974. The number of aliphatic imine (C=N–C) groups is 1. The van der Waals surface area contributed by atoms with Crippen LogP contribution < -0.4 is 27.8 Å². The molecule has 154 valence electrons. The van der Waals surface area contributed by atoms with E-state index in [4.69, 9.17) is 11.5 Å². The first kappa shape index (κ1) is 22.9. The number of quaternary nitrogens is 1. The Morgan fingerprint density at radius 1 is 1.14 bits per heavy atom. The maximum Gasteiger partial charge on any atom is 0.326 e. The lowest BCUT2D eigenvalue weighted by Gasteiger charge is -2.19. The summed E-state index contributed by atoms with van der Waals surface area (Å²) in [5.41, 5.74) is 15.2. The number of nitrogens with zero attached hydrogens (tertiary/aromatic N) is 1. The van der Waals surface area contributed by atoms with Gasteiger partial charge in [-0.1, -0.05) is 30.3 Å². The third-order valence-corrected chi connectivity index (χ3v) is 4.01. The number of nitrogens with two attached hydrogens (primary N) is 2. The Morgan fingerprint density at radius 3 is 2.36 bits per heavy atom. The fourth-order valence-electron chi connectivity index (χ4n) is 2.45. The summed E-state index contributed by atoms with van der Waals surface area (Å²) in [4.78, 5) is 39.6. The zero-order valence-electron chi connectivity index (χ0n) is 15.9. The van der Waals surface area contributed by atoms with Gasteiger partial charge < -0.3 is 32.9 Å². The molecule has 0 aliphatic heterocycles. The molecule has 0 aliphatic carbocycles. The largest absolute Gasteiger partial charge is 0.480 e. The minimum Gasteiger partial charge on any atom is -0.480 e. The average molecular weight is 393 g/mol. The highest BCUT2D eigenvalue weighted by Crippen LogP contribution is 2.02. The number of hydrogen-bond acceptors (Lipinski definition) is 4. The van der Waals surface area contributed by atoms with E-state index in [1.807, 2.05) is 30.3 Å². The fraction of sp³-hybridized carbons (Fsp3) is 0.444. The van der Waals surface area contributed by atoms with Gasteiger partial charge in [-0.2, -0.15) is 0 Å². The minimum absolute atomic E-state index is 0.0783. The first-order valence-corrected chi connectivity index (χ1v) is 8.96. The van der Waals surface area contributed by atoms with E-state index in [1.165, 1.54) is 6.92 Å². The number of rotatable bonds is 11. The second kappa shape index (κ2) is 11.5. The van der Waals surface area contributed by atoms with Gasteiger partial charge in [-0.3, -0.25) is 14.6 Å². The van der Waals surface area contributed by atoms with Gasteiger partial charge in [0.2, 0.25) is 5.91 Å². The van der Waals surface area contributed by atoms with Crippen molar-refractivity contribution >= 4 is 23.7 Å². The van der Waals surface area contributed by atoms with E-state index in [0.717, 1.165) is 5.56 Å². The second-order valence-corrected chi connectivity index (χ2v) is 6.47. The van der Waals surface area contributed by atoms with Crippen molar-refractivity contribution < 1.29 is 25.2 Å². The molecule has 0 saturated heterocycles. The molecule has 0 fully saturated rings. The van der Waals surface area contributed by atoms with Crippen LogP contribution in [0, 0.1) is 0 Å². The van der Waals surface area contributed by atoms with E-state index in [2.05, 4.69) is 21.4 Å². The lowest BCUT2D eigenvalue weighted by Crippen LogP contribution is -2.69. The van der Waals surface area contributed by atoms with Crippen molar-refractivity contribution in [1.29, 1.82) is 0 Å². The van der Waals surface area contributed by atoms with E-state index >= 15 is 0 Å². The summed E-state index contributed by atoms with van der Waals surface area (Å²) in [7, 11) is 0. The predicted octanol–water partition coefficient (Wildman–Crippen LogP) is -2.03. The number of carboxylic acid groups (broad SMARTS) is 1. The van der Waals surface area contributed by atoms with Gasteiger partial charge in [0.1, 0.15) is 12.1 Å². The van der Waals surface area contributed by atoms with Crippen molar-refractivity contribution in [3.8, 4) is 0 Å². The lowest BCUT2D eigenvalue weighted by molar-refractivity contribution is -0.403. The number of hydrogen-bond donors (Lipinski definition) is 6. The first-order chi connectivity index (χ1) is 13.2. The van der Waals surface area contributed by atoms with Gasteiger partial charge in [0.25, 0.3) is 5.91 Å². The molecule has 10 N–H and O–H groups in total. The molecule has 28 heavy (non-hydrogen) atoms. The van der Waals surface area contributed by atoms with Gasteiger partial charge in [0, 0.05) is 13.0 Å². The first-order valence-electron chi connectivity index (χ1n) is 8.96. The topological polar surface area (TPSA) is 188 Å². The molecule has 0 heterocycles. The van der Waals surface area contributed by atoms with Gasteiger partial charge in [-0.15, -0.1) is 0 Å². The van der Waals surface area contributed by atoms with Crippen LogP contribution in [-0.4, -0.2) is 53.5 Å². The van der Waals surface area contributed by atoms with Crippen molar-refractivity contribution in [3.05, 3.63) is 35.9 Å². The number of carbonyl (C=O) groups is 3. The molecule has 0 saturated carbocycles. The van der Waals surface area contributed by atoms with E-state index in [-0.39, 0.29) is 24.8 Å². The Bertz CT molecular complexity index is 691. The molecule has 10 heteroatoms. The van der Waals surface area contributed by atoms with Gasteiger partial charge in [0.15, 0.2) is 12.0 Å². The van der Waals surface area contributed by atoms with Crippen molar-refractivity contribution in [2.24, 2.45) is 16.5 Å². The molecule has 2 amide bonds. The molecule has 1 rings (SSSR count). The fourth-order valence-corrected chi connectivity index (χ4v) is 2.45. The number of guanidine groups is 1. The Balaban J connectivity index is 2.51. The van der Waals surface area contributed by atoms with Crippen LogP contribution in [0.15, 0.2) is 35.3 Å². The zero-order valence-corrected chi connectivity index (χ0v) is 15.9. The highest BCUT2D eigenvalue weighted by atomic mass is 16.4. The molecule has 0 aliphatic rings. The minimum atomic E-state index is -1.17. The number of benzene rings is 1. The number of aliphatic carboxylic acids is 1. The molecule has 0 radical (unpaired) electrons. The van der Waals surface area contributed by atoms with Crippen molar-refractivity contribution in [2.45, 2.75) is 44.3 Å². The average Bonchev–Trinajstić information content (AvgIpc) is 2.64. The number of amides is 2. The molecular weight excluding hydrogens is 364 g/mol. The van der Waals surface area contributed by atoms with Crippen LogP contribution >= 0.6 is 0 Å². The van der Waals surface area contributed by atoms with Gasteiger partial charge in [-0.05, 0) is 25.3 Å². The number of carboxylic acids is 1. The van der Waals surface area contributed by atoms with Crippen LogP contribution in [0.4, 0.5) is 0 Å². The number of carbonyl (C=O) groups excluding carboxylic acids is 2. The summed E-state index contributed by atoms with van der Waals surface area (Å²) < 4.78 is 0. The van der Waals surface area contributed by atoms with Crippen molar-refractivity contribution in [2.75, 3.05) is 6.54 Å². The summed E-state index contributed by atoms with van der Waals surface area (Å²) in [6, 6.07) is 6.83. The molecule has 0 aromatic heterocycles. The van der Waals surface area contributed by atoms with Gasteiger partial charge >= 0.3 is 5.97 Å². The van der Waals surface area contributed by atoms with Crippen LogP contribution in [0.2, 0.25) is 0 Å². The molecule has 10 nitrogen and oxygen atoms in total. The summed E-state index contributed by atoms with van der Waals surface area (Å²) in [6.45, 7) is 1.75. The second-order valence-electron chi connectivity index (χ2n) is 6.47. The predicted molar refractivity (Wildman–Crippen MR) is 104 cm³/mol. The maximum atomic E-state index is 12.2. The molecule has 3 unspecified atom stereocenters. The van der Waals surface area contributed by atoms with Crippen LogP contribution in [0.25, 0.3) is 0 Å². The highest BCUT2D eigenvalue weighted by molar-refractivity contribution is 5.91. The van der Waals surface area contributed by atoms with E-state index in [1.54, 1.807) is 0 Å². The van der Waals surface area contributed by atoms with Crippen LogP contribution in [-0.2, 0) is 20.8 Å². The normalized spacial score (nSPS) is 13.6.